The lowest BCUT2D eigenvalue weighted by Gasteiger charge is -2.36. The number of hydrogen-bond donors (Lipinski definition) is 1. The molecule has 17 heavy (non-hydrogen) atoms. The SMILES string of the molecule is CCC(C)N(C)C(c1ccccc1C)C(C)N. The van der Waals surface area contributed by atoms with Crippen molar-refractivity contribution in [2.75, 3.05) is 7.05 Å². The van der Waals surface area contributed by atoms with Crippen molar-refractivity contribution in [1.29, 1.82) is 0 Å². The van der Waals surface area contributed by atoms with Gasteiger partial charge in [0.25, 0.3) is 0 Å². The fourth-order valence-electron chi connectivity index (χ4n) is 2.35. The van der Waals surface area contributed by atoms with Crippen LogP contribution in [0.1, 0.15) is 44.4 Å². The first kappa shape index (κ1) is 14.2. The van der Waals surface area contributed by atoms with Gasteiger partial charge in [0.05, 0.1) is 0 Å². The van der Waals surface area contributed by atoms with Gasteiger partial charge in [0, 0.05) is 18.1 Å². The monoisotopic (exact) mass is 234 g/mol. The Morgan fingerprint density at radius 2 is 1.82 bits per heavy atom. The molecule has 2 N–H and O–H groups in total. The van der Waals surface area contributed by atoms with Gasteiger partial charge in [-0.15, -0.1) is 0 Å². The second-order valence-corrected chi connectivity index (χ2v) is 5.08. The first-order chi connectivity index (χ1) is 7.99. The zero-order valence-corrected chi connectivity index (χ0v) is 11.8. The molecule has 3 unspecified atom stereocenters. The lowest BCUT2D eigenvalue weighted by molar-refractivity contribution is 0.161. The Bertz CT molecular complexity index is 347. The summed E-state index contributed by atoms with van der Waals surface area (Å²) in [5.74, 6) is 0. The highest BCUT2D eigenvalue weighted by molar-refractivity contribution is 5.29. The molecule has 0 fully saturated rings. The minimum atomic E-state index is 0.134. The topological polar surface area (TPSA) is 29.3 Å². The fourth-order valence-corrected chi connectivity index (χ4v) is 2.35. The number of rotatable bonds is 5. The van der Waals surface area contributed by atoms with Gasteiger partial charge < -0.3 is 5.73 Å². The van der Waals surface area contributed by atoms with E-state index in [4.69, 9.17) is 5.73 Å². The van der Waals surface area contributed by atoms with Gasteiger partial charge in [-0.25, -0.2) is 0 Å². The van der Waals surface area contributed by atoms with Gasteiger partial charge in [0.2, 0.25) is 0 Å². The van der Waals surface area contributed by atoms with Crippen LogP contribution in [0.15, 0.2) is 24.3 Å². The number of nitrogens with zero attached hydrogens (tertiary/aromatic N) is 1. The molecule has 0 saturated heterocycles. The average Bonchev–Trinajstić information content (AvgIpc) is 2.30. The third-order valence-electron chi connectivity index (χ3n) is 3.73. The Hall–Kier alpha value is -0.860. The molecule has 0 aliphatic carbocycles. The van der Waals surface area contributed by atoms with Gasteiger partial charge in [-0.05, 0) is 45.4 Å². The van der Waals surface area contributed by atoms with E-state index >= 15 is 0 Å². The van der Waals surface area contributed by atoms with Crippen LogP contribution >= 0.6 is 0 Å². The summed E-state index contributed by atoms with van der Waals surface area (Å²) in [4.78, 5) is 2.40. The van der Waals surface area contributed by atoms with E-state index in [1.807, 2.05) is 0 Å². The Morgan fingerprint density at radius 1 is 1.24 bits per heavy atom. The van der Waals surface area contributed by atoms with Crippen molar-refractivity contribution < 1.29 is 0 Å². The van der Waals surface area contributed by atoms with Crippen molar-refractivity contribution in [1.82, 2.24) is 4.90 Å². The fraction of sp³-hybridized carbons (Fsp3) is 0.600. The second kappa shape index (κ2) is 6.18. The number of hydrogen-bond acceptors (Lipinski definition) is 2. The molecule has 3 atom stereocenters. The van der Waals surface area contributed by atoms with Crippen LogP contribution in [0.3, 0.4) is 0 Å². The molecule has 0 radical (unpaired) electrons. The quantitative estimate of drug-likeness (QED) is 0.848. The average molecular weight is 234 g/mol. The van der Waals surface area contributed by atoms with Gasteiger partial charge in [-0.3, -0.25) is 4.90 Å². The van der Waals surface area contributed by atoms with Crippen LogP contribution in [-0.2, 0) is 0 Å². The van der Waals surface area contributed by atoms with Crippen LogP contribution in [0, 0.1) is 6.92 Å². The molecule has 0 heterocycles. The zero-order valence-electron chi connectivity index (χ0n) is 11.8. The van der Waals surface area contributed by atoms with Gasteiger partial charge in [-0.1, -0.05) is 31.2 Å². The van der Waals surface area contributed by atoms with Crippen LogP contribution in [0.5, 0.6) is 0 Å². The first-order valence-electron chi connectivity index (χ1n) is 6.52. The van der Waals surface area contributed by atoms with E-state index in [9.17, 15) is 0 Å². The van der Waals surface area contributed by atoms with Gasteiger partial charge >= 0.3 is 0 Å². The first-order valence-corrected chi connectivity index (χ1v) is 6.52. The zero-order chi connectivity index (χ0) is 13.0. The molecule has 1 rings (SSSR count). The molecule has 0 amide bonds. The Kier molecular flexibility index (Phi) is 5.16. The third-order valence-corrected chi connectivity index (χ3v) is 3.73. The molecule has 0 aliphatic rings. The summed E-state index contributed by atoms with van der Waals surface area (Å²) in [6.07, 6.45) is 1.14. The van der Waals surface area contributed by atoms with E-state index in [0.717, 1.165) is 6.42 Å². The van der Waals surface area contributed by atoms with E-state index < -0.39 is 0 Å². The number of benzene rings is 1. The molecular weight excluding hydrogens is 208 g/mol. The normalized spacial score (nSPS) is 16.9. The van der Waals surface area contributed by atoms with Gasteiger partial charge in [0.15, 0.2) is 0 Å². The minimum absolute atomic E-state index is 0.134. The van der Waals surface area contributed by atoms with Gasteiger partial charge in [0.1, 0.15) is 0 Å². The number of aryl methyl sites for hydroxylation is 1. The second-order valence-electron chi connectivity index (χ2n) is 5.08. The van der Waals surface area contributed by atoms with E-state index in [-0.39, 0.29) is 6.04 Å². The molecule has 2 heteroatoms. The van der Waals surface area contributed by atoms with Crippen molar-refractivity contribution >= 4 is 0 Å². The van der Waals surface area contributed by atoms with Crippen molar-refractivity contribution in [2.24, 2.45) is 5.73 Å². The van der Waals surface area contributed by atoms with Crippen LogP contribution in [0.4, 0.5) is 0 Å². The van der Waals surface area contributed by atoms with Crippen molar-refractivity contribution in [3.63, 3.8) is 0 Å². The van der Waals surface area contributed by atoms with Crippen molar-refractivity contribution in [3.05, 3.63) is 35.4 Å². The maximum absolute atomic E-state index is 6.19. The predicted octanol–water partition coefficient (Wildman–Crippen LogP) is 3.11. The highest BCUT2D eigenvalue weighted by Gasteiger charge is 2.24. The highest BCUT2D eigenvalue weighted by atomic mass is 15.2. The molecular formula is C15H26N2. The third kappa shape index (κ3) is 3.30. The van der Waals surface area contributed by atoms with Crippen LogP contribution in [-0.4, -0.2) is 24.0 Å². The largest absolute Gasteiger partial charge is 0.326 e. The molecule has 96 valence electrons. The summed E-state index contributed by atoms with van der Waals surface area (Å²) in [5.41, 5.74) is 8.87. The Morgan fingerprint density at radius 3 is 2.29 bits per heavy atom. The molecule has 2 nitrogen and oxygen atoms in total. The summed E-state index contributed by atoms with van der Waals surface area (Å²) < 4.78 is 0. The molecule has 0 bridgehead atoms. The molecule has 0 aromatic heterocycles. The van der Waals surface area contributed by atoms with E-state index in [0.29, 0.717) is 12.1 Å². The lowest BCUT2D eigenvalue weighted by atomic mass is 9.94. The molecule has 0 spiro atoms. The van der Waals surface area contributed by atoms with Crippen LogP contribution < -0.4 is 5.73 Å². The molecule has 0 saturated carbocycles. The summed E-state index contributed by atoms with van der Waals surface area (Å²) in [6.45, 7) is 8.73. The maximum atomic E-state index is 6.19. The molecule has 1 aromatic carbocycles. The molecule has 1 aromatic rings. The lowest BCUT2D eigenvalue weighted by Crippen LogP contribution is -2.41. The minimum Gasteiger partial charge on any atom is -0.326 e. The summed E-state index contributed by atoms with van der Waals surface area (Å²) >= 11 is 0. The number of nitrogens with two attached hydrogens (primary N) is 1. The highest BCUT2D eigenvalue weighted by Crippen LogP contribution is 2.27. The summed E-state index contributed by atoms with van der Waals surface area (Å²) in [6, 6.07) is 9.52. The summed E-state index contributed by atoms with van der Waals surface area (Å²) in [5, 5.41) is 0. The van der Waals surface area contributed by atoms with Crippen LogP contribution in [0.25, 0.3) is 0 Å². The van der Waals surface area contributed by atoms with E-state index in [2.05, 4.69) is 63.9 Å². The van der Waals surface area contributed by atoms with Crippen LogP contribution in [0.2, 0.25) is 0 Å². The van der Waals surface area contributed by atoms with Crippen molar-refractivity contribution in [3.8, 4) is 0 Å². The van der Waals surface area contributed by atoms with E-state index in [1.165, 1.54) is 11.1 Å². The maximum Gasteiger partial charge on any atom is 0.0498 e. The Labute approximate surface area is 106 Å². The van der Waals surface area contributed by atoms with Gasteiger partial charge in [-0.2, -0.15) is 0 Å². The standard InChI is InChI=1S/C15H26N2/c1-6-12(3)17(5)15(13(4)16)14-10-8-7-9-11(14)2/h7-10,12-13,15H,6,16H2,1-5H3. The van der Waals surface area contributed by atoms with Crippen molar-refractivity contribution in [2.45, 2.75) is 52.2 Å². The van der Waals surface area contributed by atoms with E-state index in [1.54, 1.807) is 0 Å². The Balaban J connectivity index is 3.06. The smallest absolute Gasteiger partial charge is 0.0498 e. The number of likely N-dealkylation sites (N-methyl/N-ethyl adjacent to an activating group) is 1. The summed E-state index contributed by atoms with van der Waals surface area (Å²) in [7, 11) is 2.18. The predicted molar refractivity (Wildman–Crippen MR) is 75.1 cm³/mol. The molecule has 0 aliphatic heterocycles.